The second-order valence-corrected chi connectivity index (χ2v) is 6.66. The molecule has 3 nitrogen and oxygen atoms in total. The van der Waals surface area contributed by atoms with Gasteiger partial charge in [0.25, 0.3) is 0 Å². The Morgan fingerprint density at radius 3 is 2.29 bits per heavy atom. The Balaban J connectivity index is 1.46. The highest BCUT2D eigenvalue weighted by Crippen LogP contribution is 2.37. The van der Waals surface area contributed by atoms with Gasteiger partial charge in [-0.15, -0.1) is 0 Å². The van der Waals surface area contributed by atoms with E-state index in [1.807, 2.05) is 24.3 Å². The number of anilines is 1. The SMILES string of the molecule is COc1ccc(NC(=N)CC2CCC(c3ccccc3)CC2)cc1. The summed E-state index contributed by atoms with van der Waals surface area (Å²) < 4.78 is 5.16. The van der Waals surface area contributed by atoms with Crippen LogP contribution < -0.4 is 10.1 Å². The lowest BCUT2D eigenvalue weighted by Crippen LogP contribution is -2.20. The molecule has 2 N–H and O–H groups in total. The third-order valence-electron chi connectivity index (χ3n) is 5.00. The number of hydrogen-bond acceptors (Lipinski definition) is 2. The van der Waals surface area contributed by atoms with Gasteiger partial charge in [-0.25, -0.2) is 0 Å². The standard InChI is InChI=1S/C21H26N2O/c1-24-20-13-11-19(12-14-20)23-21(22)15-16-7-9-18(10-8-16)17-5-3-2-4-6-17/h2-6,11-14,16,18H,7-10,15H2,1H3,(H2,22,23). The minimum atomic E-state index is 0.614. The fourth-order valence-electron chi connectivity index (χ4n) is 3.61. The van der Waals surface area contributed by atoms with Gasteiger partial charge in [0.2, 0.25) is 0 Å². The Labute approximate surface area is 144 Å². The highest BCUT2D eigenvalue weighted by molar-refractivity contribution is 5.93. The van der Waals surface area contributed by atoms with Crippen molar-refractivity contribution < 1.29 is 4.74 Å². The fourth-order valence-corrected chi connectivity index (χ4v) is 3.61. The monoisotopic (exact) mass is 322 g/mol. The quantitative estimate of drug-likeness (QED) is 0.568. The largest absolute Gasteiger partial charge is 0.497 e. The Kier molecular flexibility index (Phi) is 5.52. The first-order valence-electron chi connectivity index (χ1n) is 8.78. The first-order chi connectivity index (χ1) is 11.7. The smallest absolute Gasteiger partial charge is 0.119 e. The Bertz CT molecular complexity index is 643. The van der Waals surface area contributed by atoms with E-state index in [0.29, 0.717) is 17.7 Å². The zero-order valence-electron chi connectivity index (χ0n) is 14.3. The van der Waals surface area contributed by atoms with Crippen LogP contribution in [0.1, 0.15) is 43.6 Å². The van der Waals surface area contributed by atoms with Gasteiger partial charge in [-0.05, 0) is 67.3 Å². The minimum Gasteiger partial charge on any atom is -0.497 e. The molecule has 0 atom stereocenters. The summed E-state index contributed by atoms with van der Waals surface area (Å²) in [5, 5.41) is 11.4. The molecule has 0 spiro atoms. The van der Waals surface area contributed by atoms with Crippen LogP contribution in [0.25, 0.3) is 0 Å². The van der Waals surface area contributed by atoms with E-state index in [0.717, 1.165) is 17.9 Å². The Morgan fingerprint density at radius 1 is 1.00 bits per heavy atom. The minimum absolute atomic E-state index is 0.614. The fraction of sp³-hybridized carbons (Fsp3) is 0.381. The normalized spacial score (nSPS) is 20.4. The van der Waals surface area contributed by atoms with Gasteiger partial charge >= 0.3 is 0 Å². The summed E-state index contributed by atoms with van der Waals surface area (Å²) in [5.41, 5.74) is 2.43. The van der Waals surface area contributed by atoms with E-state index in [1.165, 1.54) is 31.2 Å². The molecule has 0 aromatic heterocycles. The maximum Gasteiger partial charge on any atom is 0.119 e. The summed E-state index contributed by atoms with van der Waals surface area (Å²) in [6.45, 7) is 0. The van der Waals surface area contributed by atoms with E-state index >= 15 is 0 Å². The van der Waals surface area contributed by atoms with E-state index in [4.69, 9.17) is 10.1 Å². The first kappa shape index (κ1) is 16.6. The lowest BCUT2D eigenvalue weighted by atomic mass is 9.77. The van der Waals surface area contributed by atoms with E-state index < -0.39 is 0 Å². The van der Waals surface area contributed by atoms with Gasteiger partial charge in [-0.1, -0.05) is 30.3 Å². The molecule has 3 rings (SSSR count). The van der Waals surface area contributed by atoms with Gasteiger partial charge in [0.1, 0.15) is 5.75 Å². The number of hydrogen-bond donors (Lipinski definition) is 2. The van der Waals surface area contributed by atoms with Crippen molar-refractivity contribution in [2.75, 3.05) is 12.4 Å². The van der Waals surface area contributed by atoms with Crippen LogP contribution in [0.3, 0.4) is 0 Å². The van der Waals surface area contributed by atoms with Crippen LogP contribution in [0.5, 0.6) is 5.75 Å². The second kappa shape index (κ2) is 8.00. The maximum absolute atomic E-state index is 8.23. The zero-order chi connectivity index (χ0) is 16.8. The number of ether oxygens (including phenoxy) is 1. The number of benzene rings is 2. The van der Waals surface area contributed by atoms with Crippen molar-refractivity contribution in [2.45, 2.75) is 38.0 Å². The third-order valence-corrected chi connectivity index (χ3v) is 5.00. The summed E-state index contributed by atoms with van der Waals surface area (Å²) >= 11 is 0. The first-order valence-corrected chi connectivity index (χ1v) is 8.78. The van der Waals surface area contributed by atoms with Gasteiger partial charge in [-0.2, -0.15) is 0 Å². The van der Waals surface area contributed by atoms with Crippen LogP contribution in [-0.2, 0) is 0 Å². The van der Waals surface area contributed by atoms with Crippen LogP contribution in [0.15, 0.2) is 54.6 Å². The third kappa shape index (κ3) is 4.38. The van der Waals surface area contributed by atoms with Crippen LogP contribution >= 0.6 is 0 Å². The van der Waals surface area contributed by atoms with Crippen molar-refractivity contribution in [2.24, 2.45) is 5.92 Å². The average Bonchev–Trinajstić information content (AvgIpc) is 2.64. The average molecular weight is 322 g/mol. The molecule has 0 unspecified atom stereocenters. The molecule has 0 bridgehead atoms. The summed E-state index contributed by atoms with van der Waals surface area (Å²) in [5.74, 6) is 2.78. The molecule has 0 amide bonds. The van der Waals surface area contributed by atoms with Crippen molar-refractivity contribution in [3.8, 4) is 5.75 Å². The van der Waals surface area contributed by atoms with Crippen LogP contribution in [-0.4, -0.2) is 12.9 Å². The predicted molar refractivity (Wildman–Crippen MR) is 100 cm³/mol. The highest BCUT2D eigenvalue weighted by atomic mass is 16.5. The Hall–Kier alpha value is -2.29. The molecule has 1 aliphatic carbocycles. The summed E-state index contributed by atoms with van der Waals surface area (Å²) in [7, 11) is 1.66. The van der Waals surface area contributed by atoms with Crippen molar-refractivity contribution in [1.29, 1.82) is 5.41 Å². The predicted octanol–water partition coefficient (Wildman–Crippen LogP) is 5.45. The van der Waals surface area contributed by atoms with E-state index in [9.17, 15) is 0 Å². The molecule has 1 fully saturated rings. The number of rotatable bonds is 5. The molecular formula is C21H26N2O. The molecule has 1 saturated carbocycles. The molecule has 2 aromatic carbocycles. The molecule has 0 heterocycles. The van der Waals surface area contributed by atoms with Crippen molar-refractivity contribution in [1.82, 2.24) is 0 Å². The highest BCUT2D eigenvalue weighted by Gasteiger charge is 2.23. The van der Waals surface area contributed by atoms with E-state index in [2.05, 4.69) is 35.6 Å². The molecule has 2 aromatic rings. The molecule has 0 aliphatic heterocycles. The van der Waals surface area contributed by atoms with Crippen LogP contribution in [0.4, 0.5) is 5.69 Å². The molecule has 1 aliphatic rings. The topological polar surface area (TPSA) is 45.1 Å². The lowest BCUT2D eigenvalue weighted by molar-refractivity contribution is 0.333. The van der Waals surface area contributed by atoms with Crippen molar-refractivity contribution >= 4 is 11.5 Å². The number of methoxy groups -OCH3 is 1. The number of amidine groups is 1. The number of nitrogens with one attached hydrogen (secondary N) is 2. The molecule has 0 radical (unpaired) electrons. The van der Waals surface area contributed by atoms with Crippen molar-refractivity contribution in [3.63, 3.8) is 0 Å². The molecular weight excluding hydrogens is 296 g/mol. The van der Waals surface area contributed by atoms with Gasteiger partial charge in [0, 0.05) is 12.1 Å². The van der Waals surface area contributed by atoms with E-state index in [1.54, 1.807) is 7.11 Å². The molecule has 0 saturated heterocycles. The summed E-state index contributed by atoms with van der Waals surface area (Å²) in [6, 6.07) is 18.6. The Morgan fingerprint density at radius 2 is 1.67 bits per heavy atom. The molecule has 24 heavy (non-hydrogen) atoms. The molecule has 3 heteroatoms. The van der Waals surface area contributed by atoms with Gasteiger partial charge in [0.05, 0.1) is 12.9 Å². The van der Waals surface area contributed by atoms with E-state index in [-0.39, 0.29) is 0 Å². The van der Waals surface area contributed by atoms with Gasteiger partial charge in [0.15, 0.2) is 0 Å². The summed E-state index contributed by atoms with van der Waals surface area (Å²) in [4.78, 5) is 0. The molecule has 126 valence electrons. The van der Waals surface area contributed by atoms with Crippen LogP contribution in [0, 0.1) is 11.3 Å². The van der Waals surface area contributed by atoms with Crippen molar-refractivity contribution in [3.05, 3.63) is 60.2 Å². The summed E-state index contributed by atoms with van der Waals surface area (Å²) in [6.07, 6.45) is 5.75. The lowest BCUT2D eigenvalue weighted by Gasteiger charge is -2.29. The van der Waals surface area contributed by atoms with Gasteiger partial charge in [-0.3, -0.25) is 5.41 Å². The van der Waals surface area contributed by atoms with Gasteiger partial charge < -0.3 is 10.1 Å². The maximum atomic E-state index is 8.23. The second-order valence-electron chi connectivity index (χ2n) is 6.66. The van der Waals surface area contributed by atoms with Crippen LogP contribution in [0.2, 0.25) is 0 Å². The zero-order valence-corrected chi connectivity index (χ0v) is 14.3.